The summed E-state index contributed by atoms with van der Waals surface area (Å²) in [6, 6.07) is 73.0. The van der Waals surface area contributed by atoms with E-state index in [4.69, 9.17) is 0 Å². The van der Waals surface area contributed by atoms with Crippen molar-refractivity contribution in [3.05, 3.63) is 217 Å². The molecule has 55 heavy (non-hydrogen) atoms. The van der Waals surface area contributed by atoms with Gasteiger partial charge in [0.1, 0.15) is 0 Å². The number of anilines is 6. The molecule has 2 nitrogen and oxygen atoms in total. The standard InChI is InChI=1S/C53H42N2/c1-37-19-25-41(26-20-37)53-49-34-32-46(54(42-15-9-5-10-16-42)44-27-21-38(2)22-28-44)35-50(49)52(40-13-7-4-8-14-40)48-33-31-47(36-51(48)53)55(43-17-11-6-12-18-43)45-29-23-39(3)24-30-45/h4-36H,1-3H3. The predicted molar refractivity (Wildman–Crippen MR) is 236 cm³/mol. The van der Waals surface area contributed by atoms with Crippen molar-refractivity contribution in [2.75, 3.05) is 9.80 Å². The van der Waals surface area contributed by atoms with E-state index in [-0.39, 0.29) is 0 Å². The molecule has 0 spiro atoms. The van der Waals surface area contributed by atoms with Crippen molar-refractivity contribution in [2.45, 2.75) is 20.8 Å². The number of hydrogen-bond donors (Lipinski definition) is 0. The summed E-state index contributed by atoms with van der Waals surface area (Å²) in [7, 11) is 0. The smallest absolute Gasteiger partial charge is 0.0468 e. The fraction of sp³-hybridized carbons (Fsp3) is 0.0566. The van der Waals surface area contributed by atoms with Crippen molar-refractivity contribution in [1.82, 2.24) is 0 Å². The van der Waals surface area contributed by atoms with Crippen molar-refractivity contribution < 1.29 is 0 Å². The van der Waals surface area contributed by atoms with Crippen molar-refractivity contribution in [1.29, 1.82) is 0 Å². The summed E-state index contributed by atoms with van der Waals surface area (Å²) in [6.07, 6.45) is 0. The molecule has 0 saturated heterocycles. The fourth-order valence-corrected chi connectivity index (χ4v) is 7.87. The van der Waals surface area contributed by atoms with Gasteiger partial charge in [0, 0.05) is 34.1 Å². The first kappa shape index (κ1) is 33.9. The van der Waals surface area contributed by atoms with E-state index in [9.17, 15) is 0 Å². The van der Waals surface area contributed by atoms with Crippen LogP contribution >= 0.6 is 0 Å². The van der Waals surface area contributed by atoms with Crippen LogP contribution in [0.1, 0.15) is 16.7 Å². The van der Waals surface area contributed by atoms with Gasteiger partial charge < -0.3 is 9.80 Å². The fourth-order valence-electron chi connectivity index (χ4n) is 7.87. The number of fused-ring (bicyclic) bond motifs is 2. The van der Waals surface area contributed by atoms with E-state index < -0.39 is 0 Å². The Morgan fingerprint density at radius 2 is 0.564 bits per heavy atom. The molecule has 2 heteroatoms. The van der Waals surface area contributed by atoms with Crippen LogP contribution in [0.15, 0.2) is 200 Å². The molecule has 0 radical (unpaired) electrons. The Labute approximate surface area is 324 Å². The molecule has 0 unspecified atom stereocenters. The highest BCUT2D eigenvalue weighted by molar-refractivity contribution is 6.22. The maximum atomic E-state index is 2.40. The van der Waals surface area contributed by atoms with Gasteiger partial charge in [-0.25, -0.2) is 0 Å². The summed E-state index contributed by atoms with van der Waals surface area (Å²) in [5.74, 6) is 0. The summed E-state index contributed by atoms with van der Waals surface area (Å²) >= 11 is 0. The minimum absolute atomic E-state index is 1.11. The van der Waals surface area contributed by atoms with Gasteiger partial charge in [-0.15, -0.1) is 0 Å². The molecule has 0 aromatic heterocycles. The van der Waals surface area contributed by atoms with E-state index in [1.165, 1.54) is 60.5 Å². The Balaban J connectivity index is 1.37. The first-order chi connectivity index (χ1) is 27.0. The predicted octanol–water partition coefficient (Wildman–Crippen LogP) is 15.2. The molecular weight excluding hydrogens is 665 g/mol. The van der Waals surface area contributed by atoms with Gasteiger partial charge in [-0.3, -0.25) is 0 Å². The quantitative estimate of drug-likeness (QED) is 0.145. The van der Waals surface area contributed by atoms with Crippen LogP contribution in [0.2, 0.25) is 0 Å². The molecule has 9 aromatic rings. The van der Waals surface area contributed by atoms with E-state index >= 15 is 0 Å². The average molecular weight is 707 g/mol. The minimum Gasteiger partial charge on any atom is -0.310 e. The Kier molecular flexibility index (Phi) is 8.94. The van der Waals surface area contributed by atoms with Crippen LogP contribution in [-0.4, -0.2) is 0 Å². The number of para-hydroxylation sites is 2. The third-order valence-electron chi connectivity index (χ3n) is 10.6. The highest BCUT2D eigenvalue weighted by atomic mass is 15.1. The molecule has 9 rings (SSSR count). The topological polar surface area (TPSA) is 6.48 Å². The molecule has 0 bridgehead atoms. The molecule has 0 fully saturated rings. The zero-order valence-corrected chi connectivity index (χ0v) is 31.4. The molecule has 0 aliphatic heterocycles. The lowest BCUT2D eigenvalue weighted by atomic mass is 9.85. The maximum absolute atomic E-state index is 2.40. The average Bonchev–Trinajstić information content (AvgIpc) is 3.23. The van der Waals surface area contributed by atoms with Gasteiger partial charge in [-0.2, -0.15) is 0 Å². The van der Waals surface area contributed by atoms with Gasteiger partial charge >= 0.3 is 0 Å². The molecule has 264 valence electrons. The molecule has 0 amide bonds. The third kappa shape index (κ3) is 6.53. The largest absolute Gasteiger partial charge is 0.310 e. The molecule has 0 atom stereocenters. The summed E-state index contributed by atoms with van der Waals surface area (Å²) in [5.41, 5.74) is 15.3. The molecule has 0 heterocycles. The second kappa shape index (κ2) is 14.5. The highest BCUT2D eigenvalue weighted by Crippen LogP contribution is 2.48. The lowest BCUT2D eigenvalue weighted by Crippen LogP contribution is -2.10. The van der Waals surface area contributed by atoms with Crippen LogP contribution in [0.5, 0.6) is 0 Å². The van der Waals surface area contributed by atoms with Gasteiger partial charge in [0.05, 0.1) is 0 Å². The van der Waals surface area contributed by atoms with Crippen molar-refractivity contribution in [3.8, 4) is 22.3 Å². The Morgan fingerprint density at radius 1 is 0.255 bits per heavy atom. The van der Waals surface area contributed by atoms with E-state index in [0.717, 1.165) is 34.1 Å². The van der Waals surface area contributed by atoms with Crippen LogP contribution in [0.25, 0.3) is 43.8 Å². The lowest BCUT2D eigenvalue weighted by Gasteiger charge is -2.28. The monoisotopic (exact) mass is 706 g/mol. The SMILES string of the molecule is Cc1ccc(-c2c3ccc(N(c4ccccc4)c4ccc(C)cc4)cc3c(-c3ccccc3)c3ccc(N(c4ccccc4)c4ccc(C)cc4)cc23)cc1. The second-order valence-electron chi connectivity index (χ2n) is 14.5. The van der Waals surface area contributed by atoms with Crippen LogP contribution in [0.3, 0.4) is 0 Å². The molecule has 0 N–H and O–H groups in total. The number of nitrogens with zero attached hydrogens (tertiary/aromatic N) is 2. The molecule has 0 aliphatic carbocycles. The Hall–Kier alpha value is -6.90. The summed E-state index contributed by atoms with van der Waals surface area (Å²) in [4.78, 5) is 4.73. The summed E-state index contributed by atoms with van der Waals surface area (Å²) in [6.45, 7) is 6.44. The Bertz CT molecular complexity index is 2740. The van der Waals surface area contributed by atoms with Gasteiger partial charge in [0.15, 0.2) is 0 Å². The molecule has 0 saturated carbocycles. The van der Waals surface area contributed by atoms with Crippen LogP contribution in [0, 0.1) is 20.8 Å². The van der Waals surface area contributed by atoms with Crippen LogP contribution in [-0.2, 0) is 0 Å². The zero-order chi connectivity index (χ0) is 37.3. The van der Waals surface area contributed by atoms with Crippen molar-refractivity contribution in [3.63, 3.8) is 0 Å². The van der Waals surface area contributed by atoms with E-state index in [0.29, 0.717) is 0 Å². The zero-order valence-electron chi connectivity index (χ0n) is 31.4. The number of rotatable bonds is 8. The van der Waals surface area contributed by atoms with Crippen LogP contribution < -0.4 is 9.80 Å². The minimum atomic E-state index is 1.11. The third-order valence-corrected chi connectivity index (χ3v) is 10.6. The van der Waals surface area contributed by atoms with E-state index in [1.807, 2.05) is 0 Å². The number of benzene rings is 9. The van der Waals surface area contributed by atoms with Gasteiger partial charge in [-0.05, 0) is 137 Å². The first-order valence-electron chi connectivity index (χ1n) is 19.0. The maximum Gasteiger partial charge on any atom is 0.0468 e. The lowest BCUT2D eigenvalue weighted by molar-refractivity contribution is 1.28. The van der Waals surface area contributed by atoms with Gasteiger partial charge in [0.25, 0.3) is 0 Å². The molecule has 9 aromatic carbocycles. The normalized spacial score (nSPS) is 11.2. The van der Waals surface area contributed by atoms with E-state index in [1.54, 1.807) is 0 Å². The summed E-state index contributed by atoms with van der Waals surface area (Å²) < 4.78 is 0. The van der Waals surface area contributed by atoms with Gasteiger partial charge in [0.2, 0.25) is 0 Å². The molecule has 0 aliphatic rings. The number of aryl methyl sites for hydroxylation is 3. The van der Waals surface area contributed by atoms with Crippen molar-refractivity contribution >= 4 is 55.7 Å². The van der Waals surface area contributed by atoms with Crippen molar-refractivity contribution in [2.24, 2.45) is 0 Å². The van der Waals surface area contributed by atoms with Crippen LogP contribution in [0.4, 0.5) is 34.1 Å². The molecular formula is C53H42N2. The second-order valence-corrected chi connectivity index (χ2v) is 14.5. The Morgan fingerprint density at radius 3 is 0.964 bits per heavy atom. The highest BCUT2D eigenvalue weighted by Gasteiger charge is 2.22. The van der Waals surface area contributed by atoms with Gasteiger partial charge in [-0.1, -0.05) is 144 Å². The number of hydrogen-bond acceptors (Lipinski definition) is 2. The first-order valence-corrected chi connectivity index (χ1v) is 19.0. The summed E-state index contributed by atoms with van der Waals surface area (Å²) in [5, 5.41) is 4.86. The van der Waals surface area contributed by atoms with E-state index in [2.05, 4.69) is 231 Å².